The molecule has 4 aliphatic rings. The molecule has 2 unspecified atom stereocenters. The summed E-state index contributed by atoms with van der Waals surface area (Å²) >= 11 is 1.38. The summed E-state index contributed by atoms with van der Waals surface area (Å²) in [4.78, 5) is 42.5. The summed E-state index contributed by atoms with van der Waals surface area (Å²) in [6.07, 6.45) is 7.08. The smallest absolute Gasteiger partial charge is 0.312 e. The number of rotatable bonds is 6. The second-order valence-electron chi connectivity index (χ2n) is 10.6. The highest BCUT2D eigenvalue weighted by atomic mass is 32.1. The molecule has 0 radical (unpaired) electrons. The van der Waals surface area contributed by atoms with Crippen LogP contribution < -0.4 is 10.1 Å². The van der Waals surface area contributed by atoms with Gasteiger partial charge in [0, 0.05) is 30.6 Å². The SMILES string of the molecule is CC(=O)NC12CC3CC(C1)CC(C(=O)OCC(=O)N=c1sccn1Cc1ccc(C)cc1)(C3)C2. The molecule has 8 heteroatoms. The van der Waals surface area contributed by atoms with E-state index >= 15 is 0 Å². The van der Waals surface area contributed by atoms with Crippen molar-refractivity contribution in [2.45, 2.75) is 64.5 Å². The Kier molecular flexibility index (Phi) is 5.96. The highest BCUT2D eigenvalue weighted by Gasteiger charge is 2.61. The van der Waals surface area contributed by atoms with Gasteiger partial charge < -0.3 is 14.6 Å². The quantitative estimate of drug-likeness (QED) is 0.641. The summed E-state index contributed by atoms with van der Waals surface area (Å²) in [7, 11) is 0. The lowest BCUT2D eigenvalue weighted by atomic mass is 9.47. The largest absolute Gasteiger partial charge is 0.455 e. The molecule has 180 valence electrons. The number of amides is 2. The van der Waals surface area contributed by atoms with Crippen LogP contribution in [-0.4, -0.2) is 34.5 Å². The van der Waals surface area contributed by atoms with Crippen LogP contribution in [0.4, 0.5) is 0 Å². The van der Waals surface area contributed by atoms with Crippen molar-refractivity contribution in [2.24, 2.45) is 22.2 Å². The molecular formula is C26H31N3O4S. The fourth-order valence-electron chi connectivity index (χ4n) is 6.84. The average Bonchev–Trinajstić information content (AvgIpc) is 3.18. The molecule has 34 heavy (non-hydrogen) atoms. The van der Waals surface area contributed by atoms with Crippen LogP contribution in [0.3, 0.4) is 0 Å². The van der Waals surface area contributed by atoms with E-state index in [1.807, 2.05) is 23.1 Å². The van der Waals surface area contributed by atoms with Gasteiger partial charge in [0.1, 0.15) is 0 Å². The molecule has 7 nitrogen and oxygen atoms in total. The predicted octanol–water partition coefficient (Wildman–Crippen LogP) is 3.35. The van der Waals surface area contributed by atoms with Crippen molar-refractivity contribution in [1.29, 1.82) is 0 Å². The molecular weight excluding hydrogens is 450 g/mol. The van der Waals surface area contributed by atoms with E-state index in [1.54, 1.807) is 6.92 Å². The molecule has 0 saturated heterocycles. The van der Waals surface area contributed by atoms with Gasteiger partial charge in [0.05, 0.1) is 5.41 Å². The third-order valence-electron chi connectivity index (χ3n) is 7.62. The van der Waals surface area contributed by atoms with Crippen molar-refractivity contribution in [3.05, 3.63) is 51.8 Å². The van der Waals surface area contributed by atoms with Gasteiger partial charge in [0.15, 0.2) is 11.4 Å². The minimum absolute atomic E-state index is 0.0469. The molecule has 1 aromatic heterocycles. The van der Waals surface area contributed by atoms with E-state index in [0.717, 1.165) is 37.7 Å². The van der Waals surface area contributed by atoms with Gasteiger partial charge in [-0.2, -0.15) is 4.99 Å². The van der Waals surface area contributed by atoms with Gasteiger partial charge in [0.25, 0.3) is 5.91 Å². The number of carbonyl (C=O) groups is 3. The lowest BCUT2D eigenvalue weighted by molar-refractivity contribution is -0.177. The molecule has 1 aromatic carbocycles. The molecule has 2 atom stereocenters. The molecule has 1 heterocycles. The van der Waals surface area contributed by atoms with E-state index in [9.17, 15) is 14.4 Å². The molecule has 4 fully saturated rings. The lowest BCUT2D eigenvalue weighted by Crippen LogP contribution is -2.64. The molecule has 4 bridgehead atoms. The normalized spacial score (nSPS) is 29.8. The van der Waals surface area contributed by atoms with Crippen molar-refractivity contribution in [3.63, 3.8) is 0 Å². The number of ether oxygens (including phenoxy) is 1. The van der Waals surface area contributed by atoms with Crippen LogP contribution >= 0.6 is 11.3 Å². The zero-order chi connectivity index (χ0) is 23.9. The summed E-state index contributed by atoms with van der Waals surface area (Å²) in [6.45, 7) is 3.85. The Morgan fingerprint density at radius 1 is 1.15 bits per heavy atom. The van der Waals surface area contributed by atoms with E-state index < -0.39 is 11.3 Å². The fourth-order valence-corrected chi connectivity index (χ4v) is 7.58. The Morgan fingerprint density at radius 2 is 1.85 bits per heavy atom. The summed E-state index contributed by atoms with van der Waals surface area (Å²) in [5.41, 5.74) is 1.42. The van der Waals surface area contributed by atoms with Crippen LogP contribution in [-0.2, 0) is 25.7 Å². The van der Waals surface area contributed by atoms with Crippen LogP contribution in [0.2, 0.25) is 0 Å². The summed E-state index contributed by atoms with van der Waals surface area (Å²) in [5, 5.41) is 5.05. The molecule has 1 N–H and O–H groups in total. The fraction of sp³-hybridized carbons (Fsp3) is 0.538. The number of aryl methyl sites for hydroxylation is 1. The molecule has 2 amide bonds. The highest BCUT2D eigenvalue weighted by Crippen LogP contribution is 2.62. The Morgan fingerprint density at radius 3 is 2.53 bits per heavy atom. The van der Waals surface area contributed by atoms with E-state index in [1.165, 1.54) is 16.9 Å². The van der Waals surface area contributed by atoms with Crippen LogP contribution in [0.25, 0.3) is 0 Å². The Hall–Kier alpha value is -2.74. The number of hydrogen-bond acceptors (Lipinski definition) is 5. The number of nitrogens with zero attached hydrogens (tertiary/aromatic N) is 2. The van der Waals surface area contributed by atoms with Gasteiger partial charge in [0.2, 0.25) is 5.91 Å². The third-order valence-corrected chi connectivity index (χ3v) is 8.41. The van der Waals surface area contributed by atoms with Crippen molar-refractivity contribution in [3.8, 4) is 0 Å². The first-order valence-corrected chi connectivity index (χ1v) is 12.9. The number of nitrogens with one attached hydrogen (secondary N) is 1. The monoisotopic (exact) mass is 481 g/mol. The van der Waals surface area contributed by atoms with Crippen LogP contribution in [0.15, 0.2) is 40.8 Å². The van der Waals surface area contributed by atoms with Gasteiger partial charge in [-0.15, -0.1) is 11.3 Å². The summed E-state index contributed by atoms with van der Waals surface area (Å²) < 4.78 is 7.48. The Labute approximate surface area is 203 Å². The second-order valence-corrected chi connectivity index (χ2v) is 11.5. The zero-order valence-corrected chi connectivity index (χ0v) is 20.5. The molecule has 0 spiro atoms. The first-order chi connectivity index (χ1) is 16.2. The molecule has 2 aromatic rings. The lowest BCUT2D eigenvalue weighted by Gasteiger charge is -2.60. The Bertz CT molecular complexity index is 1170. The van der Waals surface area contributed by atoms with Crippen LogP contribution in [0.5, 0.6) is 0 Å². The number of aromatic nitrogens is 1. The zero-order valence-electron chi connectivity index (χ0n) is 19.7. The van der Waals surface area contributed by atoms with Crippen molar-refractivity contribution in [1.82, 2.24) is 9.88 Å². The average molecular weight is 482 g/mol. The standard InChI is InChI=1S/C26H31N3O4S/c1-17-3-5-19(6-4-17)14-29-7-8-34-24(29)27-22(31)15-33-23(32)25-10-20-9-21(11-25)13-26(12-20,16-25)28-18(2)30/h3-8,20-21H,9-16H2,1-2H3,(H,28,30). The van der Waals surface area contributed by atoms with Crippen molar-refractivity contribution < 1.29 is 19.1 Å². The maximum atomic E-state index is 13.2. The van der Waals surface area contributed by atoms with Gasteiger partial charge in [-0.3, -0.25) is 14.4 Å². The first-order valence-electron chi connectivity index (χ1n) is 12.0. The topological polar surface area (TPSA) is 89.8 Å². The molecule has 4 aliphatic carbocycles. The minimum Gasteiger partial charge on any atom is -0.455 e. The number of thiazole rings is 1. The van der Waals surface area contributed by atoms with Crippen LogP contribution in [0, 0.1) is 24.2 Å². The number of carbonyl (C=O) groups excluding carboxylic acids is 3. The number of esters is 1. The first kappa shape index (κ1) is 23.0. The molecule has 4 saturated carbocycles. The van der Waals surface area contributed by atoms with Gasteiger partial charge in [-0.25, -0.2) is 0 Å². The van der Waals surface area contributed by atoms with Gasteiger partial charge >= 0.3 is 5.97 Å². The van der Waals surface area contributed by atoms with E-state index in [4.69, 9.17) is 4.74 Å². The predicted molar refractivity (Wildman–Crippen MR) is 128 cm³/mol. The third kappa shape index (κ3) is 4.60. The summed E-state index contributed by atoms with van der Waals surface area (Å²) in [5.74, 6) is 0.0310. The van der Waals surface area contributed by atoms with Gasteiger partial charge in [-0.05, 0) is 62.8 Å². The number of benzene rings is 1. The molecule has 6 rings (SSSR count). The van der Waals surface area contributed by atoms with Crippen molar-refractivity contribution >= 4 is 29.1 Å². The van der Waals surface area contributed by atoms with Crippen molar-refractivity contribution in [2.75, 3.05) is 6.61 Å². The van der Waals surface area contributed by atoms with Gasteiger partial charge in [-0.1, -0.05) is 29.8 Å². The Balaban J connectivity index is 1.25. The summed E-state index contributed by atoms with van der Waals surface area (Å²) in [6, 6.07) is 8.24. The maximum Gasteiger partial charge on any atom is 0.312 e. The minimum atomic E-state index is -0.596. The molecule has 0 aliphatic heterocycles. The van der Waals surface area contributed by atoms with E-state index in [-0.39, 0.29) is 24.0 Å². The maximum absolute atomic E-state index is 13.2. The second kappa shape index (κ2) is 8.80. The van der Waals surface area contributed by atoms with E-state index in [0.29, 0.717) is 29.6 Å². The highest BCUT2D eigenvalue weighted by molar-refractivity contribution is 7.07. The number of hydrogen-bond donors (Lipinski definition) is 1. The van der Waals surface area contributed by atoms with E-state index in [2.05, 4.69) is 34.6 Å². The van der Waals surface area contributed by atoms with Crippen LogP contribution in [0.1, 0.15) is 56.6 Å².